The van der Waals surface area contributed by atoms with Crippen LogP contribution in [0.3, 0.4) is 0 Å². The lowest BCUT2D eigenvalue weighted by Gasteiger charge is -2.26. The van der Waals surface area contributed by atoms with E-state index >= 15 is 0 Å². The van der Waals surface area contributed by atoms with Crippen LogP contribution in [0.5, 0.6) is 5.75 Å². The summed E-state index contributed by atoms with van der Waals surface area (Å²) in [6.07, 6.45) is 0. The highest BCUT2D eigenvalue weighted by Crippen LogP contribution is 2.21. The standard InChI is InChI=1S/C22H21N3O5/c26-21(25-10-12-28-13-11-25)15-29-18-8-6-17(7-9-18)23-22(27)19-14-20(30-24-19)16-4-2-1-3-5-16/h1-9,14H,10-13,15H2,(H,23,27). The van der Waals surface area contributed by atoms with Crippen LogP contribution in [0, 0.1) is 0 Å². The largest absolute Gasteiger partial charge is 0.484 e. The number of aromatic nitrogens is 1. The Bertz CT molecular complexity index is 995. The third kappa shape index (κ3) is 4.84. The van der Waals surface area contributed by atoms with E-state index in [4.69, 9.17) is 14.0 Å². The van der Waals surface area contributed by atoms with E-state index in [1.165, 1.54) is 0 Å². The second-order valence-electron chi connectivity index (χ2n) is 6.70. The zero-order valence-electron chi connectivity index (χ0n) is 16.2. The van der Waals surface area contributed by atoms with E-state index in [-0.39, 0.29) is 24.1 Å². The SMILES string of the molecule is O=C(Nc1ccc(OCC(=O)N2CCOCC2)cc1)c1cc(-c2ccccc2)on1. The number of carbonyl (C=O) groups excluding carboxylic acids is 2. The molecule has 2 heterocycles. The number of carbonyl (C=O) groups is 2. The van der Waals surface area contributed by atoms with Gasteiger partial charge in [0.1, 0.15) is 5.75 Å². The van der Waals surface area contributed by atoms with Crippen LogP contribution < -0.4 is 10.1 Å². The molecule has 30 heavy (non-hydrogen) atoms. The lowest BCUT2D eigenvalue weighted by molar-refractivity contribution is -0.137. The summed E-state index contributed by atoms with van der Waals surface area (Å²) in [5.74, 6) is 0.616. The Labute approximate surface area is 173 Å². The van der Waals surface area contributed by atoms with Crippen LogP contribution in [0.15, 0.2) is 65.2 Å². The number of amides is 2. The summed E-state index contributed by atoms with van der Waals surface area (Å²) in [6, 6.07) is 17.8. The molecule has 0 atom stereocenters. The number of hydrogen-bond acceptors (Lipinski definition) is 6. The summed E-state index contributed by atoms with van der Waals surface area (Å²) in [4.78, 5) is 26.2. The van der Waals surface area contributed by atoms with Crippen LogP contribution in [0.1, 0.15) is 10.5 Å². The summed E-state index contributed by atoms with van der Waals surface area (Å²) < 4.78 is 16.0. The molecule has 1 saturated heterocycles. The van der Waals surface area contributed by atoms with Gasteiger partial charge in [-0.1, -0.05) is 35.5 Å². The molecule has 8 heteroatoms. The Hall–Kier alpha value is -3.65. The average molecular weight is 407 g/mol. The molecule has 2 aromatic carbocycles. The molecule has 0 unspecified atom stereocenters. The van der Waals surface area contributed by atoms with E-state index in [1.807, 2.05) is 30.3 Å². The van der Waals surface area contributed by atoms with Gasteiger partial charge >= 0.3 is 0 Å². The fourth-order valence-electron chi connectivity index (χ4n) is 3.00. The Morgan fingerprint density at radius 2 is 1.77 bits per heavy atom. The van der Waals surface area contributed by atoms with Gasteiger partial charge in [-0.2, -0.15) is 0 Å². The van der Waals surface area contributed by atoms with E-state index in [2.05, 4.69) is 10.5 Å². The fourth-order valence-corrected chi connectivity index (χ4v) is 3.00. The molecule has 8 nitrogen and oxygen atoms in total. The highest BCUT2D eigenvalue weighted by molar-refractivity contribution is 6.03. The maximum absolute atomic E-state index is 12.4. The number of rotatable bonds is 6. The Balaban J connectivity index is 1.30. The highest BCUT2D eigenvalue weighted by Gasteiger charge is 2.17. The van der Waals surface area contributed by atoms with Gasteiger partial charge in [-0.3, -0.25) is 9.59 Å². The molecule has 4 rings (SSSR count). The number of nitrogens with zero attached hydrogens (tertiary/aromatic N) is 2. The van der Waals surface area contributed by atoms with Gasteiger partial charge in [-0.15, -0.1) is 0 Å². The lowest BCUT2D eigenvalue weighted by Crippen LogP contribution is -2.42. The third-order valence-corrected chi connectivity index (χ3v) is 4.64. The number of nitrogens with one attached hydrogen (secondary N) is 1. The normalized spacial score (nSPS) is 13.7. The predicted octanol–water partition coefficient (Wildman–Crippen LogP) is 2.83. The van der Waals surface area contributed by atoms with E-state index in [9.17, 15) is 9.59 Å². The molecular formula is C22H21N3O5. The number of ether oxygens (including phenoxy) is 2. The maximum atomic E-state index is 12.4. The average Bonchev–Trinajstić information content (AvgIpc) is 3.30. The molecule has 0 radical (unpaired) electrons. The first-order valence-corrected chi connectivity index (χ1v) is 9.61. The second-order valence-corrected chi connectivity index (χ2v) is 6.70. The molecule has 1 N–H and O–H groups in total. The molecule has 3 aromatic rings. The maximum Gasteiger partial charge on any atom is 0.277 e. The third-order valence-electron chi connectivity index (χ3n) is 4.64. The topological polar surface area (TPSA) is 93.9 Å². The van der Waals surface area contributed by atoms with Gasteiger partial charge in [0.25, 0.3) is 11.8 Å². The van der Waals surface area contributed by atoms with Crippen molar-refractivity contribution < 1.29 is 23.6 Å². The minimum Gasteiger partial charge on any atom is -0.484 e. The van der Waals surface area contributed by atoms with Crippen LogP contribution in [0.2, 0.25) is 0 Å². The summed E-state index contributed by atoms with van der Waals surface area (Å²) >= 11 is 0. The minimum atomic E-state index is -0.378. The van der Waals surface area contributed by atoms with Crippen molar-refractivity contribution in [1.29, 1.82) is 0 Å². The molecule has 1 aromatic heterocycles. The monoisotopic (exact) mass is 407 g/mol. The van der Waals surface area contributed by atoms with E-state index in [1.54, 1.807) is 35.2 Å². The molecule has 0 bridgehead atoms. The first-order chi connectivity index (χ1) is 14.7. The number of hydrogen-bond donors (Lipinski definition) is 1. The fraction of sp³-hybridized carbons (Fsp3) is 0.227. The highest BCUT2D eigenvalue weighted by atomic mass is 16.5. The van der Waals surface area contributed by atoms with E-state index in [0.29, 0.717) is 43.5 Å². The zero-order valence-corrected chi connectivity index (χ0v) is 16.2. The molecule has 0 spiro atoms. The van der Waals surface area contributed by atoms with E-state index < -0.39 is 0 Å². The van der Waals surface area contributed by atoms with Crippen molar-refractivity contribution in [3.63, 3.8) is 0 Å². The predicted molar refractivity (Wildman–Crippen MR) is 109 cm³/mol. The molecule has 0 saturated carbocycles. The quantitative estimate of drug-likeness (QED) is 0.675. The van der Waals surface area contributed by atoms with Crippen LogP contribution >= 0.6 is 0 Å². The van der Waals surface area contributed by atoms with Crippen LogP contribution in [-0.4, -0.2) is 54.8 Å². The van der Waals surface area contributed by atoms with Gasteiger partial charge in [0.2, 0.25) is 0 Å². The second kappa shape index (κ2) is 9.23. The van der Waals surface area contributed by atoms with Crippen LogP contribution in [0.25, 0.3) is 11.3 Å². The van der Waals surface area contributed by atoms with Gasteiger partial charge in [0, 0.05) is 30.4 Å². The van der Waals surface area contributed by atoms with Gasteiger partial charge in [0.05, 0.1) is 13.2 Å². The van der Waals surface area contributed by atoms with Gasteiger partial charge in [-0.25, -0.2) is 0 Å². The summed E-state index contributed by atoms with van der Waals surface area (Å²) in [7, 11) is 0. The number of anilines is 1. The molecule has 154 valence electrons. The van der Waals surface area contributed by atoms with Crippen molar-refractivity contribution in [2.24, 2.45) is 0 Å². The van der Waals surface area contributed by atoms with Crippen molar-refractivity contribution in [1.82, 2.24) is 10.1 Å². The molecule has 0 aliphatic carbocycles. The summed E-state index contributed by atoms with van der Waals surface area (Å²) in [6.45, 7) is 2.24. The molecule has 1 aliphatic heterocycles. The van der Waals surface area contributed by atoms with Gasteiger partial charge < -0.3 is 24.2 Å². The number of benzene rings is 2. The van der Waals surface area contributed by atoms with Crippen molar-refractivity contribution in [3.8, 4) is 17.1 Å². The number of morpholine rings is 1. The Morgan fingerprint density at radius 1 is 1.03 bits per heavy atom. The van der Waals surface area contributed by atoms with E-state index in [0.717, 1.165) is 5.56 Å². The van der Waals surface area contributed by atoms with Crippen LogP contribution in [-0.2, 0) is 9.53 Å². The Morgan fingerprint density at radius 3 is 2.50 bits per heavy atom. The zero-order chi connectivity index (χ0) is 20.8. The summed E-state index contributed by atoms with van der Waals surface area (Å²) in [5, 5.41) is 6.60. The van der Waals surface area contributed by atoms with Crippen LogP contribution in [0.4, 0.5) is 5.69 Å². The lowest BCUT2D eigenvalue weighted by atomic mass is 10.1. The molecule has 2 amide bonds. The molecule has 1 fully saturated rings. The first-order valence-electron chi connectivity index (χ1n) is 9.61. The van der Waals surface area contributed by atoms with Gasteiger partial charge in [-0.05, 0) is 24.3 Å². The summed E-state index contributed by atoms with van der Waals surface area (Å²) in [5.41, 5.74) is 1.61. The van der Waals surface area contributed by atoms with Crippen molar-refractivity contribution in [2.45, 2.75) is 0 Å². The first kappa shape index (κ1) is 19.7. The van der Waals surface area contributed by atoms with Crippen molar-refractivity contribution >= 4 is 17.5 Å². The molecular weight excluding hydrogens is 386 g/mol. The smallest absolute Gasteiger partial charge is 0.277 e. The van der Waals surface area contributed by atoms with Crippen molar-refractivity contribution in [2.75, 3.05) is 38.2 Å². The molecule has 1 aliphatic rings. The Kier molecular flexibility index (Phi) is 6.05. The minimum absolute atomic E-state index is 0.0348. The van der Waals surface area contributed by atoms with Crippen molar-refractivity contribution in [3.05, 3.63) is 66.4 Å². The van der Waals surface area contributed by atoms with Gasteiger partial charge in [0.15, 0.2) is 18.1 Å².